The Kier molecular flexibility index (Phi) is 3.26. The van der Waals surface area contributed by atoms with Crippen molar-refractivity contribution in [3.8, 4) is 22.6 Å². The Balaban J connectivity index is 1.79. The summed E-state index contributed by atoms with van der Waals surface area (Å²) in [6.45, 7) is 0. The standard InChI is InChI=1S/C17H9F3N4/c18-11-3-1-9(2-4-11)14-5-10(8-21-24-14)17-22-15-6-12(19)13(20)7-16(15)23-17/h1-8H,(H,22,23). The third kappa shape index (κ3) is 2.50. The number of fused-ring (bicyclic) bond motifs is 1. The predicted molar refractivity (Wildman–Crippen MR) is 82.4 cm³/mol. The zero-order valence-corrected chi connectivity index (χ0v) is 12.1. The zero-order valence-electron chi connectivity index (χ0n) is 12.1. The summed E-state index contributed by atoms with van der Waals surface area (Å²) in [6.07, 6.45) is 1.48. The fraction of sp³-hybridized carbons (Fsp3) is 0. The first-order valence-electron chi connectivity index (χ1n) is 7.04. The molecule has 0 saturated carbocycles. The summed E-state index contributed by atoms with van der Waals surface area (Å²) >= 11 is 0. The van der Waals surface area contributed by atoms with Crippen LogP contribution in [0.25, 0.3) is 33.7 Å². The number of hydrogen-bond donors (Lipinski definition) is 1. The van der Waals surface area contributed by atoms with Crippen LogP contribution in [0.4, 0.5) is 13.2 Å². The monoisotopic (exact) mass is 326 g/mol. The maximum atomic E-state index is 13.3. The second-order valence-electron chi connectivity index (χ2n) is 5.21. The van der Waals surface area contributed by atoms with Gasteiger partial charge in [0.05, 0.1) is 22.9 Å². The largest absolute Gasteiger partial charge is 0.338 e. The van der Waals surface area contributed by atoms with Crippen molar-refractivity contribution in [2.45, 2.75) is 0 Å². The van der Waals surface area contributed by atoms with Gasteiger partial charge in [0, 0.05) is 23.3 Å². The molecule has 4 rings (SSSR count). The van der Waals surface area contributed by atoms with Crippen molar-refractivity contribution >= 4 is 11.0 Å². The first-order valence-corrected chi connectivity index (χ1v) is 7.04. The molecule has 2 aromatic carbocycles. The number of benzene rings is 2. The van der Waals surface area contributed by atoms with Crippen LogP contribution in [0.2, 0.25) is 0 Å². The first kappa shape index (κ1) is 14.4. The summed E-state index contributed by atoms with van der Waals surface area (Å²) in [5, 5.41) is 7.93. The number of nitrogens with zero attached hydrogens (tertiary/aromatic N) is 3. The molecule has 2 heterocycles. The average molecular weight is 326 g/mol. The van der Waals surface area contributed by atoms with Crippen molar-refractivity contribution in [2.75, 3.05) is 0 Å². The zero-order chi connectivity index (χ0) is 16.7. The van der Waals surface area contributed by atoms with Crippen molar-refractivity contribution in [1.82, 2.24) is 20.2 Å². The molecule has 0 aliphatic rings. The van der Waals surface area contributed by atoms with E-state index in [1.165, 1.54) is 18.3 Å². The van der Waals surface area contributed by atoms with Crippen LogP contribution in [0.3, 0.4) is 0 Å². The number of nitrogens with one attached hydrogen (secondary N) is 1. The van der Waals surface area contributed by atoms with Crippen molar-refractivity contribution in [3.63, 3.8) is 0 Å². The number of rotatable bonds is 2. The lowest BCUT2D eigenvalue weighted by molar-refractivity contribution is 0.510. The van der Waals surface area contributed by atoms with E-state index in [9.17, 15) is 13.2 Å². The van der Waals surface area contributed by atoms with Crippen LogP contribution < -0.4 is 0 Å². The summed E-state index contributed by atoms with van der Waals surface area (Å²) in [5.41, 5.74) is 2.51. The Hall–Kier alpha value is -3.22. The number of imidazole rings is 1. The number of H-pyrrole nitrogens is 1. The molecule has 24 heavy (non-hydrogen) atoms. The molecular formula is C17H9F3N4. The fourth-order valence-corrected chi connectivity index (χ4v) is 2.40. The van der Waals surface area contributed by atoms with E-state index in [4.69, 9.17) is 0 Å². The van der Waals surface area contributed by atoms with Crippen molar-refractivity contribution in [3.05, 3.63) is 66.1 Å². The van der Waals surface area contributed by atoms with Crippen LogP contribution in [-0.4, -0.2) is 20.2 Å². The van der Waals surface area contributed by atoms with Crippen molar-refractivity contribution < 1.29 is 13.2 Å². The van der Waals surface area contributed by atoms with E-state index in [0.717, 1.165) is 12.1 Å². The molecule has 1 N–H and O–H groups in total. The molecule has 0 atom stereocenters. The average Bonchev–Trinajstić information content (AvgIpc) is 2.99. The highest BCUT2D eigenvalue weighted by atomic mass is 19.2. The Morgan fingerprint density at radius 2 is 1.58 bits per heavy atom. The molecule has 4 aromatic rings. The van der Waals surface area contributed by atoms with Crippen LogP contribution in [0.15, 0.2) is 48.7 Å². The highest BCUT2D eigenvalue weighted by Gasteiger charge is 2.11. The van der Waals surface area contributed by atoms with Gasteiger partial charge in [0.1, 0.15) is 11.6 Å². The van der Waals surface area contributed by atoms with Crippen LogP contribution in [0, 0.1) is 17.5 Å². The molecule has 0 aliphatic carbocycles. The molecule has 2 aromatic heterocycles. The molecule has 118 valence electrons. The maximum absolute atomic E-state index is 13.3. The van der Waals surface area contributed by atoms with E-state index in [2.05, 4.69) is 20.2 Å². The minimum atomic E-state index is -0.958. The smallest absolute Gasteiger partial charge is 0.161 e. The number of hydrogen-bond acceptors (Lipinski definition) is 3. The Labute approximate surface area is 134 Å². The Morgan fingerprint density at radius 3 is 2.38 bits per heavy atom. The van der Waals surface area contributed by atoms with E-state index in [-0.39, 0.29) is 5.82 Å². The molecule has 0 bridgehead atoms. The van der Waals surface area contributed by atoms with Gasteiger partial charge in [0.15, 0.2) is 11.6 Å². The van der Waals surface area contributed by atoms with E-state index in [1.807, 2.05) is 0 Å². The van der Waals surface area contributed by atoms with Gasteiger partial charge in [-0.15, -0.1) is 0 Å². The van der Waals surface area contributed by atoms with Crippen LogP contribution in [0.5, 0.6) is 0 Å². The van der Waals surface area contributed by atoms with Crippen molar-refractivity contribution in [1.29, 1.82) is 0 Å². The molecule has 0 unspecified atom stereocenters. The van der Waals surface area contributed by atoms with Crippen LogP contribution in [-0.2, 0) is 0 Å². The van der Waals surface area contributed by atoms with Gasteiger partial charge >= 0.3 is 0 Å². The lowest BCUT2D eigenvalue weighted by atomic mass is 10.1. The van der Waals surface area contributed by atoms with Gasteiger partial charge < -0.3 is 4.98 Å². The minimum Gasteiger partial charge on any atom is -0.338 e. The molecule has 0 amide bonds. The van der Waals surface area contributed by atoms with Crippen LogP contribution in [0.1, 0.15) is 0 Å². The SMILES string of the molecule is Fc1ccc(-c2cc(-c3nc4cc(F)c(F)cc4[nH]3)cnn2)cc1. The minimum absolute atomic E-state index is 0.309. The Bertz CT molecular complexity index is 1000. The van der Waals surface area contributed by atoms with E-state index >= 15 is 0 Å². The molecule has 0 aliphatic heterocycles. The summed E-state index contributed by atoms with van der Waals surface area (Å²) < 4.78 is 39.6. The highest BCUT2D eigenvalue weighted by Crippen LogP contribution is 2.25. The molecule has 7 heteroatoms. The third-order valence-electron chi connectivity index (χ3n) is 3.59. The van der Waals surface area contributed by atoms with Gasteiger partial charge in [0.2, 0.25) is 0 Å². The lowest BCUT2D eigenvalue weighted by Gasteiger charge is -2.01. The van der Waals surface area contributed by atoms with E-state index in [0.29, 0.717) is 33.7 Å². The quantitative estimate of drug-likeness (QED) is 0.603. The normalized spacial score (nSPS) is 11.1. The maximum Gasteiger partial charge on any atom is 0.161 e. The van der Waals surface area contributed by atoms with Crippen LogP contribution >= 0.6 is 0 Å². The number of aromatic nitrogens is 4. The first-order chi connectivity index (χ1) is 11.6. The summed E-state index contributed by atoms with van der Waals surface area (Å²) in [4.78, 5) is 7.17. The summed E-state index contributed by atoms with van der Waals surface area (Å²) in [6, 6.07) is 9.63. The number of halogens is 3. The van der Waals surface area contributed by atoms with Gasteiger partial charge in [-0.2, -0.15) is 10.2 Å². The molecule has 0 fully saturated rings. The van der Waals surface area contributed by atoms with Crippen molar-refractivity contribution in [2.24, 2.45) is 0 Å². The summed E-state index contributed by atoms with van der Waals surface area (Å²) in [5.74, 6) is -1.84. The predicted octanol–water partition coefficient (Wildman–Crippen LogP) is 4.10. The second kappa shape index (κ2) is 5.45. The van der Waals surface area contributed by atoms with E-state index < -0.39 is 11.6 Å². The summed E-state index contributed by atoms with van der Waals surface area (Å²) in [7, 11) is 0. The third-order valence-corrected chi connectivity index (χ3v) is 3.59. The van der Waals surface area contributed by atoms with Gasteiger partial charge in [-0.25, -0.2) is 18.2 Å². The molecular weight excluding hydrogens is 317 g/mol. The highest BCUT2D eigenvalue weighted by molar-refractivity contribution is 5.80. The molecule has 0 radical (unpaired) electrons. The second-order valence-corrected chi connectivity index (χ2v) is 5.21. The molecule has 0 saturated heterocycles. The van der Waals surface area contributed by atoms with Gasteiger partial charge in [-0.1, -0.05) is 0 Å². The van der Waals surface area contributed by atoms with Gasteiger partial charge in [0.25, 0.3) is 0 Å². The fourth-order valence-electron chi connectivity index (χ4n) is 2.40. The molecule has 0 spiro atoms. The lowest BCUT2D eigenvalue weighted by Crippen LogP contribution is -1.90. The van der Waals surface area contributed by atoms with E-state index in [1.54, 1.807) is 18.2 Å². The van der Waals surface area contributed by atoms with Gasteiger partial charge in [-0.05, 0) is 30.3 Å². The molecule has 4 nitrogen and oxygen atoms in total. The Morgan fingerprint density at radius 1 is 0.833 bits per heavy atom. The topological polar surface area (TPSA) is 54.5 Å². The number of aromatic amines is 1. The van der Waals surface area contributed by atoms with Gasteiger partial charge in [-0.3, -0.25) is 0 Å².